The maximum absolute atomic E-state index is 11.4. The third kappa shape index (κ3) is 2.25. The zero-order chi connectivity index (χ0) is 15.0. The minimum Gasteiger partial charge on any atom is -0.476 e. The Bertz CT molecular complexity index is 810. The van der Waals surface area contributed by atoms with Gasteiger partial charge in [-0.25, -0.2) is 9.78 Å². The predicted molar refractivity (Wildman–Crippen MR) is 78.6 cm³/mol. The van der Waals surface area contributed by atoms with E-state index in [-0.39, 0.29) is 5.69 Å². The molecule has 8 heteroatoms. The van der Waals surface area contributed by atoms with Gasteiger partial charge in [0.05, 0.1) is 0 Å². The fraction of sp³-hybridized carbons (Fsp3) is 0.0769. The molecule has 0 saturated carbocycles. The molecule has 0 unspecified atom stereocenters. The smallest absolute Gasteiger partial charge is 0.358 e. The second kappa shape index (κ2) is 4.98. The van der Waals surface area contributed by atoms with Crippen molar-refractivity contribution in [2.75, 3.05) is 5.73 Å². The van der Waals surface area contributed by atoms with Gasteiger partial charge in [-0.1, -0.05) is 17.3 Å². The lowest BCUT2D eigenvalue weighted by molar-refractivity contribution is 0.0691. The molecule has 3 rings (SSSR count). The molecule has 0 spiro atoms. The van der Waals surface area contributed by atoms with Crippen LogP contribution >= 0.6 is 11.3 Å². The number of benzene rings is 1. The van der Waals surface area contributed by atoms with Crippen molar-refractivity contribution in [3.63, 3.8) is 0 Å². The summed E-state index contributed by atoms with van der Waals surface area (Å²) in [6.45, 7) is 1.88. The highest BCUT2D eigenvalue weighted by Gasteiger charge is 2.22. The van der Waals surface area contributed by atoms with E-state index in [2.05, 4.69) is 15.3 Å². The molecule has 0 aliphatic carbocycles. The number of aromatic carboxylic acids is 1. The molecule has 0 fully saturated rings. The predicted octanol–water partition coefficient (Wildman–Crippen LogP) is 1.98. The van der Waals surface area contributed by atoms with Gasteiger partial charge in [0.15, 0.2) is 5.69 Å². The van der Waals surface area contributed by atoms with Crippen molar-refractivity contribution >= 4 is 23.0 Å². The Kier molecular flexibility index (Phi) is 3.15. The lowest BCUT2D eigenvalue weighted by Gasteiger charge is -2.07. The number of nitrogens with zero attached hydrogens (tertiary/aromatic N) is 4. The number of hydrogen-bond acceptors (Lipinski definition) is 6. The van der Waals surface area contributed by atoms with Crippen molar-refractivity contribution in [1.82, 2.24) is 20.0 Å². The topological polar surface area (TPSA) is 107 Å². The minimum absolute atomic E-state index is 0.131. The first-order valence-electron chi connectivity index (χ1n) is 6.03. The Morgan fingerprint density at radius 3 is 2.86 bits per heavy atom. The summed E-state index contributed by atoms with van der Waals surface area (Å²) in [5.74, 6) is -1.15. The molecule has 2 heterocycles. The summed E-state index contributed by atoms with van der Waals surface area (Å²) in [5.41, 5.74) is 8.28. The Morgan fingerprint density at radius 2 is 2.24 bits per heavy atom. The Morgan fingerprint density at radius 1 is 1.43 bits per heavy atom. The van der Waals surface area contributed by atoms with Gasteiger partial charge in [0, 0.05) is 22.8 Å². The van der Waals surface area contributed by atoms with Crippen LogP contribution < -0.4 is 5.73 Å². The van der Waals surface area contributed by atoms with Crippen LogP contribution in [-0.4, -0.2) is 31.1 Å². The number of nitrogen functional groups attached to an aromatic ring is 1. The molecule has 0 saturated heterocycles. The number of anilines is 1. The highest BCUT2D eigenvalue weighted by molar-refractivity contribution is 7.12. The third-order valence-electron chi connectivity index (χ3n) is 3.03. The number of carboxylic acid groups (broad SMARTS) is 1. The van der Waals surface area contributed by atoms with E-state index in [1.807, 2.05) is 13.0 Å². The number of aromatic nitrogens is 4. The van der Waals surface area contributed by atoms with Gasteiger partial charge >= 0.3 is 5.97 Å². The SMILES string of the molecule is Cc1ccc(-c2c(C(=O)O)nnn2-c2nccs2)cc1N. The molecule has 0 bridgehead atoms. The summed E-state index contributed by atoms with van der Waals surface area (Å²) in [4.78, 5) is 15.5. The second-order valence-electron chi connectivity index (χ2n) is 4.39. The molecule has 2 aromatic heterocycles. The van der Waals surface area contributed by atoms with Crippen LogP contribution in [0.25, 0.3) is 16.4 Å². The number of hydrogen-bond donors (Lipinski definition) is 2. The fourth-order valence-electron chi connectivity index (χ4n) is 1.93. The maximum Gasteiger partial charge on any atom is 0.358 e. The fourth-order valence-corrected chi connectivity index (χ4v) is 2.52. The van der Waals surface area contributed by atoms with Crippen molar-refractivity contribution in [3.8, 4) is 16.4 Å². The molecule has 106 valence electrons. The summed E-state index contributed by atoms with van der Waals surface area (Å²) in [5, 5.41) is 19.3. The Balaban J connectivity index is 2.26. The third-order valence-corrected chi connectivity index (χ3v) is 3.77. The molecule has 3 aromatic rings. The van der Waals surface area contributed by atoms with E-state index in [1.54, 1.807) is 23.7 Å². The minimum atomic E-state index is -1.15. The van der Waals surface area contributed by atoms with Crippen molar-refractivity contribution in [2.24, 2.45) is 0 Å². The molecule has 7 nitrogen and oxygen atoms in total. The van der Waals surface area contributed by atoms with E-state index in [0.717, 1.165) is 5.56 Å². The van der Waals surface area contributed by atoms with Crippen LogP contribution in [0, 0.1) is 6.92 Å². The van der Waals surface area contributed by atoms with Crippen LogP contribution in [0.4, 0.5) is 5.69 Å². The largest absolute Gasteiger partial charge is 0.476 e. The van der Waals surface area contributed by atoms with E-state index in [4.69, 9.17) is 5.73 Å². The van der Waals surface area contributed by atoms with E-state index < -0.39 is 5.97 Å². The molecule has 0 atom stereocenters. The zero-order valence-electron chi connectivity index (χ0n) is 11.0. The monoisotopic (exact) mass is 301 g/mol. The van der Waals surface area contributed by atoms with Gasteiger partial charge in [0.1, 0.15) is 5.69 Å². The number of rotatable bonds is 3. The molecular weight excluding hydrogens is 290 g/mol. The normalized spacial score (nSPS) is 10.7. The van der Waals surface area contributed by atoms with Gasteiger partial charge in [0.2, 0.25) is 5.13 Å². The van der Waals surface area contributed by atoms with E-state index in [0.29, 0.717) is 22.1 Å². The molecule has 0 radical (unpaired) electrons. The van der Waals surface area contributed by atoms with Gasteiger partial charge < -0.3 is 10.8 Å². The average molecular weight is 301 g/mol. The van der Waals surface area contributed by atoms with Crippen molar-refractivity contribution < 1.29 is 9.90 Å². The summed E-state index contributed by atoms with van der Waals surface area (Å²) < 4.78 is 1.41. The van der Waals surface area contributed by atoms with Crippen LogP contribution in [0.3, 0.4) is 0 Å². The zero-order valence-corrected chi connectivity index (χ0v) is 11.8. The molecule has 0 amide bonds. The van der Waals surface area contributed by atoms with Crippen LogP contribution in [0.5, 0.6) is 0 Å². The van der Waals surface area contributed by atoms with Crippen molar-refractivity contribution in [1.29, 1.82) is 0 Å². The van der Waals surface area contributed by atoms with Crippen LogP contribution in [0.2, 0.25) is 0 Å². The van der Waals surface area contributed by atoms with Crippen molar-refractivity contribution in [3.05, 3.63) is 41.0 Å². The summed E-state index contributed by atoms with van der Waals surface area (Å²) in [6.07, 6.45) is 1.62. The van der Waals surface area contributed by atoms with Gasteiger partial charge in [-0.2, -0.15) is 4.68 Å². The van der Waals surface area contributed by atoms with Crippen LogP contribution in [-0.2, 0) is 0 Å². The van der Waals surface area contributed by atoms with Gasteiger partial charge in [0.25, 0.3) is 0 Å². The standard InChI is InChI=1S/C13H11N5O2S/c1-7-2-3-8(6-9(7)14)11-10(12(19)20)16-17-18(11)13-15-4-5-21-13/h2-6H,14H2,1H3,(H,19,20). The number of aryl methyl sites for hydroxylation is 1. The molecule has 0 aliphatic heterocycles. The lowest BCUT2D eigenvalue weighted by Crippen LogP contribution is -2.03. The molecule has 1 aromatic carbocycles. The number of carbonyl (C=O) groups is 1. The quantitative estimate of drug-likeness (QED) is 0.716. The van der Waals surface area contributed by atoms with E-state index in [1.165, 1.54) is 16.0 Å². The van der Waals surface area contributed by atoms with Crippen LogP contribution in [0.1, 0.15) is 16.1 Å². The first-order chi connectivity index (χ1) is 10.1. The first kappa shape index (κ1) is 13.3. The van der Waals surface area contributed by atoms with Gasteiger partial charge in [-0.05, 0) is 18.6 Å². The highest BCUT2D eigenvalue weighted by Crippen LogP contribution is 2.28. The van der Waals surface area contributed by atoms with Gasteiger partial charge in [-0.3, -0.25) is 0 Å². The highest BCUT2D eigenvalue weighted by atomic mass is 32.1. The molecule has 0 aliphatic rings. The van der Waals surface area contributed by atoms with E-state index >= 15 is 0 Å². The number of thiazole rings is 1. The van der Waals surface area contributed by atoms with Gasteiger partial charge in [-0.15, -0.1) is 16.4 Å². The molecular formula is C13H11N5O2S. The van der Waals surface area contributed by atoms with Crippen molar-refractivity contribution in [2.45, 2.75) is 6.92 Å². The summed E-state index contributed by atoms with van der Waals surface area (Å²) in [7, 11) is 0. The maximum atomic E-state index is 11.4. The average Bonchev–Trinajstić information content (AvgIpc) is 3.09. The number of nitrogens with two attached hydrogens (primary N) is 1. The Labute approximate surface area is 123 Å². The summed E-state index contributed by atoms with van der Waals surface area (Å²) >= 11 is 1.34. The first-order valence-corrected chi connectivity index (χ1v) is 6.91. The summed E-state index contributed by atoms with van der Waals surface area (Å²) in [6, 6.07) is 5.33. The number of carboxylic acids is 1. The second-order valence-corrected chi connectivity index (χ2v) is 5.26. The Hall–Kier alpha value is -2.74. The molecule has 21 heavy (non-hydrogen) atoms. The van der Waals surface area contributed by atoms with Crippen LogP contribution in [0.15, 0.2) is 29.8 Å². The molecule has 3 N–H and O–H groups in total. The van der Waals surface area contributed by atoms with E-state index in [9.17, 15) is 9.90 Å². The lowest BCUT2D eigenvalue weighted by atomic mass is 10.1.